The van der Waals surface area contributed by atoms with Gasteiger partial charge in [-0.25, -0.2) is 4.79 Å². The highest BCUT2D eigenvalue weighted by Gasteiger charge is 2.13. The maximum atomic E-state index is 12.0. The number of aliphatic carboxylic acids is 1. The van der Waals surface area contributed by atoms with Crippen LogP contribution in [0.2, 0.25) is 5.02 Å². The highest BCUT2D eigenvalue weighted by molar-refractivity contribution is 6.30. The Kier molecular flexibility index (Phi) is 4.80. The number of phenols is 1. The largest absolute Gasteiger partial charge is 0.508 e. The molecule has 0 spiro atoms. The van der Waals surface area contributed by atoms with Crippen LogP contribution in [-0.4, -0.2) is 22.1 Å². The summed E-state index contributed by atoms with van der Waals surface area (Å²) in [7, 11) is 0. The molecule has 2 aromatic carbocycles. The number of amides is 1. The van der Waals surface area contributed by atoms with Gasteiger partial charge in [-0.15, -0.1) is 0 Å². The van der Waals surface area contributed by atoms with E-state index in [0.717, 1.165) is 0 Å². The summed E-state index contributed by atoms with van der Waals surface area (Å²) in [4.78, 5) is 23.3. The first-order chi connectivity index (χ1) is 10.5. The molecule has 3 N–H and O–H groups in total. The van der Waals surface area contributed by atoms with E-state index in [4.69, 9.17) is 11.6 Å². The molecule has 0 atom stereocenters. The van der Waals surface area contributed by atoms with Crippen LogP contribution in [0.5, 0.6) is 5.75 Å². The summed E-state index contributed by atoms with van der Waals surface area (Å²) in [6.45, 7) is 0. The van der Waals surface area contributed by atoms with Gasteiger partial charge in [-0.3, -0.25) is 4.79 Å². The molecule has 2 rings (SSSR count). The van der Waals surface area contributed by atoms with Crippen molar-refractivity contribution in [2.45, 2.75) is 0 Å². The molecule has 1 amide bonds. The smallest absolute Gasteiger partial charge is 0.352 e. The first-order valence-electron chi connectivity index (χ1n) is 6.26. The molecule has 0 aliphatic carbocycles. The third kappa shape index (κ3) is 4.10. The average Bonchev–Trinajstić information content (AvgIpc) is 2.49. The van der Waals surface area contributed by atoms with Gasteiger partial charge in [0, 0.05) is 10.6 Å². The lowest BCUT2D eigenvalue weighted by Crippen LogP contribution is -2.27. The van der Waals surface area contributed by atoms with E-state index < -0.39 is 11.9 Å². The average molecular weight is 318 g/mol. The molecular formula is C16H12ClNO4. The summed E-state index contributed by atoms with van der Waals surface area (Å²) in [5.41, 5.74) is 0.555. The van der Waals surface area contributed by atoms with Crippen LogP contribution in [0.4, 0.5) is 0 Å². The molecule has 0 aromatic heterocycles. The molecule has 0 heterocycles. The second kappa shape index (κ2) is 6.78. The Bertz CT molecular complexity index is 721. The lowest BCUT2D eigenvalue weighted by atomic mass is 10.1. The fourth-order valence-corrected chi connectivity index (χ4v) is 1.81. The molecule has 0 unspecified atom stereocenters. The Labute approximate surface area is 131 Å². The summed E-state index contributed by atoms with van der Waals surface area (Å²) in [5.74, 6) is -1.75. The maximum absolute atomic E-state index is 12.0. The highest BCUT2D eigenvalue weighted by atomic mass is 35.5. The SMILES string of the molecule is O=C(O)/C(=C\c1ccc(O)cc1)NC(=O)c1ccc(Cl)cc1. The number of phenolic OH excluding ortho intramolecular Hbond substituents is 1. The van der Waals surface area contributed by atoms with Gasteiger partial charge in [-0.2, -0.15) is 0 Å². The van der Waals surface area contributed by atoms with Crippen molar-refractivity contribution < 1.29 is 19.8 Å². The Morgan fingerprint density at radius 3 is 2.14 bits per heavy atom. The quantitative estimate of drug-likeness (QED) is 0.757. The zero-order chi connectivity index (χ0) is 16.1. The standard InChI is InChI=1S/C16H12ClNO4/c17-12-5-3-11(4-6-12)15(20)18-14(16(21)22)9-10-1-7-13(19)8-2-10/h1-9,19H,(H,18,20)(H,21,22)/b14-9+. The minimum absolute atomic E-state index is 0.0687. The van der Waals surface area contributed by atoms with Gasteiger partial charge < -0.3 is 15.5 Å². The summed E-state index contributed by atoms with van der Waals surface area (Å²) in [6.07, 6.45) is 1.30. The molecule has 0 aliphatic rings. The first-order valence-corrected chi connectivity index (χ1v) is 6.64. The predicted molar refractivity (Wildman–Crippen MR) is 82.6 cm³/mol. The van der Waals surface area contributed by atoms with Crippen molar-refractivity contribution in [3.05, 3.63) is 70.4 Å². The van der Waals surface area contributed by atoms with Crippen LogP contribution in [0.1, 0.15) is 15.9 Å². The summed E-state index contributed by atoms with van der Waals surface area (Å²) < 4.78 is 0. The molecule has 0 fully saturated rings. The number of carbonyl (C=O) groups is 2. The number of carbonyl (C=O) groups excluding carboxylic acids is 1. The van der Waals surface area contributed by atoms with Gasteiger partial charge >= 0.3 is 5.97 Å². The lowest BCUT2D eigenvalue weighted by Gasteiger charge is -2.06. The number of carboxylic acids is 1. The molecular weight excluding hydrogens is 306 g/mol. The number of nitrogens with one attached hydrogen (secondary N) is 1. The molecule has 22 heavy (non-hydrogen) atoms. The third-order valence-electron chi connectivity index (χ3n) is 2.79. The Balaban J connectivity index is 2.21. The Morgan fingerprint density at radius 1 is 1.00 bits per heavy atom. The van der Waals surface area contributed by atoms with Gasteiger partial charge in [-0.1, -0.05) is 23.7 Å². The number of carboxylic acid groups (broad SMARTS) is 1. The number of hydrogen-bond donors (Lipinski definition) is 3. The normalized spacial score (nSPS) is 11.0. The fraction of sp³-hybridized carbons (Fsp3) is 0. The van der Waals surface area contributed by atoms with Crippen LogP contribution in [0, 0.1) is 0 Å². The van der Waals surface area contributed by atoms with E-state index in [-0.39, 0.29) is 11.4 Å². The van der Waals surface area contributed by atoms with Crippen molar-refractivity contribution in [1.29, 1.82) is 0 Å². The van der Waals surface area contributed by atoms with Crippen LogP contribution in [0.25, 0.3) is 6.08 Å². The Morgan fingerprint density at radius 2 is 1.59 bits per heavy atom. The van der Waals surface area contributed by atoms with Crippen molar-refractivity contribution in [2.24, 2.45) is 0 Å². The number of hydrogen-bond acceptors (Lipinski definition) is 3. The van der Waals surface area contributed by atoms with Crippen LogP contribution >= 0.6 is 11.6 Å². The topological polar surface area (TPSA) is 86.6 Å². The van der Waals surface area contributed by atoms with Gasteiger partial charge in [0.2, 0.25) is 0 Å². The summed E-state index contributed by atoms with van der Waals surface area (Å²) >= 11 is 5.73. The van der Waals surface area contributed by atoms with E-state index >= 15 is 0 Å². The molecule has 0 saturated heterocycles. The van der Waals surface area contributed by atoms with Crippen molar-refractivity contribution in [3.8, 4) is 5.75 Å². The van der Waals surface area contributed by atoms with Gasteiger partial charge in [0.15, 0.2) is 0 Å². The van der Waals surface area contributed by atoms with Gasteiger partial charge in [-0.05, 0) is 48.0 Å². The molecule has 2 aromatic rings. The molecule has 0 bridgehead atoms. The second-order valence-electron chi connectivity index (χ2n) is 4.42. The second-order valence-corrected chi connectivity index (χ2v) is 4.85. The minimum atomic E-state index is -1.27. The van der Waals surface area contributed by atoms with Crippen molar-refractivity contribution in [1.82, 2.24) is 5.32 Å². The summed E-state index contributed by atoms with van der Waals surface area (Å²) in [6, 6.07) is 12.0. The van der Waals surface area contributed by atoms with E-state index in [9.17, 15) is 19.8 Å². The van der Waals surface area contributed by atoms with E-state index in [1.54, 1.807) is 12.1 Å². The van der Waals surface area contributed by atoms with Crippen molar-refractivity contribution in [2.75, 3.05) is 0 Å². The molecule has 5 nitrogen and oxygen atoms in total. The molecule has 0 aliphatic heterocycles. The monoisotopic (exact) mass is 317 g/mol. The zero-order valence-electron chi connectivity index (χ0n) is 11.3. The molecule has 6 heteroatoms. The number of rotatable bonds is 4. The highest BCUT2D eigenvalue weighted by Crippen LogP contribution is 2.13. The van der Waals surface area contributed by atoms with Crippen molar-refractivity contribution in [3.63, 3.8) is 0 Å². The van der Waals surface area contributed by atoms with Gasteiger partial charge in [0.05, 0.1) is 0 Å². The van der Waals surface area contributed by atoms with E-state index in [1.807, 2.05) is 0 Å². The molecule has 0 saturated carbocycles. The van der Waals surface area contributed by atoms with Gasteiger partial charge in [0.25, 0.3) is 5.91 Å². The molecule has 112 valence electrons. The number of halogens is 1. The van der Waals surface area contributed by atoms with E-state index in [1.165, 1.54) is 42.5 Å². The predicted octanol–water partition coefficient (Wildman–Crippen LogP) is 2.90. The summed E-state index contributed by atoms with van der Waals surface area (Å²) in [5, 5.41) is 21.2. The van der Waals surface area contributed by atoms with E-state index in [0.29, 0.717) is 16.1 Å². The van der Waals surface area contributed by atoms with Crippen LogP contribution in [0.15, 0.2) is 54.2 Å². The number of aromatic hydroxyl groups is 1. The minimum Gasteiger partial charge on any atom is -0.508 e. The van der Waals surface area contributed by atoms with Crippen molar-refractivity contribution >= 4 is 29.6 Å². The lowest BCUT2D eigenvalue weighted by molar-refractivity contribution is -0.132. The zero-order valence-corrected chi connectivity index (χ0v) is 12.0. The third-order valence-corrected chi connectivity index (χ3v) is 3.04. The molecule has 0 radical (unpaired) electrons. The van der Waals surface area contributed by atoms with Crippen LogP contribution in [0.3, 0.4) is 0 Å². The first kappa shape index (κ1) is 15.6. The maximum Gasteiger partial charge on any atom is 0.352 e. The van der Waals surface area contributed by atoms with E-state index in [2.05, 4.69) is 5.32 Å². The van der Waals surface area contributed by atoms with Gasteiger partial charge in [0.1, 0.15) is 11.4 Å². The Hall–Kier alpha value is -2.79. The van der Waals surface area contributed by atoms with Crippen LogP contribution < -0.4 is 5.32 Å². The number of benzene rings is 2. The fourth-order valence-electron chi connectivity index (χ4n) is 1.68. The van der Waals surface area contributed by atoms with Crippen LogP contribution in [-0.2, 0) is 4.79 Å².